The lowest BCUT2D eigenvalue weighted by atomic mass is 9.87. The predicted molar refractivity (Wildman–Crippen MR) is 80.4 cm³/mol. The van der Waals surface area contributed by atoms with Gasteiger partial charge in [-0.3, -0.25) is 0 Å². The van der Waals surface area contributed by atoms with E-state index in [1.807, 2.05) is 18.4 Å². The van der Waals surface area contributed by atoms with Crippen LogP contribution in [-0.2, 0) is 16.6 Å². The molecule has 0 aliphatic heterocycles. The highest BCUT2D eigenvalue weighted by Crippen LogP contribution is 2.24. The molecular formula is C14H25N3O3S. The first kappa shape index (κ1) is 16.5. The third-order valence-electron chi connectivity index (χ3n) is 4.01. The molecule has 0 spiro atoms. The predicted octanol–water partition coefficient (Wildman–Crippen LogP) is 1.43. The van der Waals surface area contributed by atoms with Crippen molar-refractivity contribution < 1.29 is 13.5 Å². The van der Waals surface area contributed by atoms with Crippen LogP contribution in [0, 0.1) is 12.8 Å². The van der Waals surface area contributed by atoms with E-state index in [-0.39, 0.29) is 17.0 Å². The van der Waals surface area contributed by atoms with Gasteiger partial charge in [-0.1, -0.05) is 13.3 Å². The summed E-state index contributed by atoms with van der Waals surface area (Å²) in [6, 6.07) is 0. The molecule has 21 heavy (non-hydrogen) atoms. The number of imidazole rings is 1. The molecule has 1 aromatic rings. The van der Waals surface area contributed by atoms with Crippen LogP contribution >= 0.6 is 0 Å². The number of nitrogens with one attached hydrogen (secondary N) is 1. The molecule has 1 aromatic heterocycles. The zero-order chi connectivity index (χ0) is 15.5. The van der Waals surface area contributed by atoms with Gasteiger partial charge in [0.05, 0.1) is 6.10 Å². The monoisotopic (exact) mass is 315 g/mol. The first-order chi connectivity index (χ1) is 9.92. The van der Waals surface area contributed by atoms with Gasteiger partial charge in [0.1, 0.15) is 5.82 Å². The van der Waals surface area contributed by atoms with Crippen molar-refractivity contribution in [3.63, 3.8) is 0 Å². The number of sulfonamides is 1. The second-order valence-corrected chi connectivity index (χ2v) is 7.57. The minimum Gasteiger partial charge on any atom is -0.393 e. The van der Waals surface area contributed by atoms with Crippen molar-refractivity contribution in [3.8, 4) is 0 Å². The lowest BCUT2D eigenvalue weighted by Crippen LogP contribution is -2.33. The third-order valence-corrected chi connectivity index (χ3v) is 5.30. The highest BCUT2D eigenvalue weighted by Gasteiger charge is 2.24. The molecule has 1 saturated carbocycles. The molecule has 1 aliphatic rings. The minimum atomic E-state index is -3.56. The summed E-state index contributed by atoms with van der Waals surface area (Å²) in [5.41, 5.74) is 0. The van der Waals surface area contributed by atoms with Gasteiger partial charge in [0.2, 0.25) is 0 Å². The van der Waals surface area contributed by atoms with E-state index < -0.39 is 10.0 Å². The Kier molecular flexibility index (Phi) is 5.40. The normalized spacial score (nSPS) is 23.4. The number of aromatic nitrogens is 2. The summed E-state index contributed by atoms with van der Waals surface area (Å²) >= 11 is 0. The van der Waals surface area contributed by atoms with Gasteiger partial charge in [-0.05, 0) is 38.5 Å². The van der Waals surface area contributed by atoms with E-state index in [4.69, 9.17) is 0 Å². The van der Waals surface area contributed by atoms with Crippen molar-refractivity contribution in [2.24, 2.45) is 5.92 Å². The van der Waals surface area contributed by atoms with Crippen LogP contribution in [0.15, 0.2) is 11.2 Å². The fraction of sp³-hybridized carbons (Fsp3) is 0.786. The highest BCUT2D eigenvalue weighted by atomic mass is 32.2. The summed E-state index contributed by atoms with van der Waals surface area (Å²) < 4.78 is 29.0. The summed E-state index contributed by atoms with van der Waals surface area (Å²) in [6.45, 7) is 4.99. The lowest BCUT2D eigenvalue weighted by molar-refractivity contribution is 0.102. The Labute approximate surface area is 126 Å². The van der Waals surface area contributed by atoms with E-state index in [0.717, 1.165) is 32.2 Å². The Morgan fingerprint density at radius 1 is 1.48 bits per heavy atom. The number of aliphatic hydroxyl groups excluding tert-OH is 1. The molecule has 1 heterocycles. The zero-order valence-electron chi connectivity index (χ0n) is 12.7. The second-order valence-electron chi connectivity index (χ2n) is 5.86. The molecule has 1 fully saturated rings. The maximum atomic E-state index is 12.3. The van der Waals surface area contributed by atoms with Crippen LogP contribution in [0.1, 0.15) is 44.9 Å². The molecule has 2 rings (SSSR count). The number of rotatable bonds is 6. The molecule has 7 heteroatoms. The standard InChI is InChI=1S/C14H25N3O3S/c1-3-7-17-10-14(16-11(17)2)21(19,20)15-9-12-5-4-6-13(18)8-12/h10,12-13,15,18H,3-9H2,1-2H3. The number of hydrogen-bond donors (Lipinski definition) is 2. The van der Waals surface area contributed by atoms with E-state index in [9.17, 15) is 13.5 Å². The second kappa shape index (κ2) is 6.89. The molecule has 120 valence electrons. The quantitative estimate of drug-likeness (QED) is 0.832. The molecular weight excluding hydrogens is 290 g/mol. The van der Waals surface area contributed by atoms with Gasteiger partial charge >= 0.3 is 0 Å². The van der Waals surface area contributed by atoms with Crippen molar-refractivity contribution in [2.75, 3.05) is 6.54 Å². The Bertz CT molecular complexity index is 568. The van der Waals surface area contributed by atoms with Gasteiger partial charge < -0.3 is 9.67 Å². The zero-order valence-corrected chi connectivity index (χ0v) is 13.6. The first-order valence-corrected chi connectivity index (χ1v) is 9.12. The Hall–Kier alpha value is -0.920. The SMILES string of the molecule is CCCn1cc(S(=O)(=O)NCC2CCCC(O)C2)nc1C. The fourth-order valence-electron chi connectivity index (χ4n) is 2.83. The van der Waals surface area contributed by atoms with Crippen molar-refractivity contribution in [1.82, 2.24) is 14.3 Å². The maximum absolute atomic E-state index is 12.3. The van der Waals surface area contributed by atoms with Crippen LogP contribution in [0.2, 0.25) is 0 Å². The molecule has 6 nitrogen and oxygen atoms in total. The Balaban J connectivity index is 1.99. The van der Waals surface area contributed by atoms with Crippen LogP contribution < -0.4 is 4.72 Å². The molecule has 0 aromatic carbocycles. The van der Waals surface area contributed by atoms with E-state index in [2.05, 4.69) is 9.71 Å². The van der Waals surface area contributed by atoms with Gasteiger partial charge in [0, 0.05) is 19.3 Å². The number of aliphatic hydroxyl groups is 1. The van der Waals surface area contributed by atoms with E-state index in [1.165, 1.54) is 0 Å². The smallest absolute Gasteiger partial charge is 0.259 e. The largest absolute Gasteiger partial charge is 0.393 e. The topological polar surface area (TPSA) is 84.2 Å². The van der Waals surface area contributed by atoms with Crippen LogP contribution in [0.5, 0.6) is 0 Å². The average molecular weight is 315 g/mol. The average Bonchev–Trinajstić information content (AvgIpc) is 2.80. The van der Waals surface area contributed by atoms with Crippen molar-refractivity contribution in [2.45, 2.75) is 63.6 Å². The van der Waals surface area contributed by atoms with E-state index in [0.29, 0.717) is 18.8 Å². The van der Waals surface area contributed by atoms with Crippen molar-refractivity contribution in [1.29, 1.82) is 0 Å². The van der Waals surface area contributed by atoms with Gasteiger partial charge in [-0.25, -0.2) is 18.1 Å². The van der Waals surface area contributed by atoms with Gasteiger partial charge in [-0.2, -0.15) is 0 Å². The van der Waals surface area contributed by atoms with Gasteiger partial charge in [-0.15, -0.1) is 0 Å². The lowest BCUT2D eigenvalue weighted by Gasteiger charge is -2.25. The number of nitrogens with zero attached hydrogens (tertiary/aromatic N) is 2. The van der Waals surface area contributed by atoms with Crippen LogP contribution in [-0.4, -0.2) is 35.7 Å². The maximum Gasteiger partial charge on any atom is 0.259 e. The molecule has 1 aliphatic carbocycles. The molecule has 0 amide bonds. The summed E-state index contributed by atoms with van der Waals surface area (Å²) in [5, 5.41) is 9.72. The van der Waals surface area contributed by atoms with E-state index in [1.54, 1.807) is 6.20 Å². The van der Waals surface area contributed by atoms with Gasteiger partial charge in [0.15, 0.2) is 5.03 Å². The Morgan fingerprint density at radius 2 is 2.24 bits per heavy atom. The highest BCUT2D eigenvalue weighted by molar-refractivity contribution is 7.89. The number of aryl methyl sites for hydroxylation is 2. The number of hydrogen-bond acceptors (Lipinski definition) is 4. The molecule has 2 unspecified atom stereocenters. The molecule has 2 atom stereocenters. The minimum absolute atomic E-state index is 0.0878. The van der Waals surface area contributed by atoms with Crippen molar-refractivity contribution >= 4 is 10.0 Å². The summed E-state index contributed by atoms with van der Waals surface area (Å²) in [7, 11) is -3.56. The first-order valence-electron chi connectivity index (χ1n) is 7.64. The van der Waals surface area contributed by atoms with E-state index >= 15 is 0 Å². The molecule has 0 bridgehead atoms. The van der Waals surface area contributed by atoms with Crippen LogP contribution in [0.4, 0.5) is 0 Å². The van der Waals surface area contributed by atoms with Crippen molar-refractivity contribution in [3.05, 3.63) is 12.0 Å². The van der Waals surface area contributed by atoms with Gasteiger partial charge in [0.25, 0.3) is 10.0 Å². The molecule has 2 N–H and O–H groups in total. The third kappa shape index (κ3) is 4.28. The summed E-state index contributed by atoms with van der Waals surface area (Å²) in [6.07, 6.45) is 5.65. The Morgan fingerprint density at radius 3 is 2.90 bits per heavy atom. The summed E-state index contributed by atoms with van der Waals surface area (Å²) in [4.78, 5) is 4.14. The van der Waals surface area contributed by atoms with Crippen LogP contribution in [0.25, 0.3) is 0 Å². The summed E-state index contributed by atoms with van der Waals surface area (Å²) in [5.74, 6) is 0.924. The fourth-order valence-corrected chi connectivity index (χ4v) is 3.95. The molecule has 0 saturated heterocycles. The van der Waals surface area contributed by atoms with Crippen LogP contribution in [0.3, 0.4) is 0 Å². The molecule has 0 radical (unpaired) electrons.